The summed E-state index contributed by atoms with van der Waals surface area (Å²) in [6.45, 7) is -0.276. The van der Waals surface area contributed by atoms with Gasteiger partial charge in [0, 0.05) is 38.6 Å². The SMILES string of the molecule is O=C(O)C(C(C(=O)O)N1CCC2(CC1)C(=O)N(c1ccc(-c3ccccc3)cc1)C(=O)N2c1ncccn1)N1CCC2(CC1)C(=O)N(c1ccc(-c3ccccc3)cc1)C(=O)N2c1cncnc1. The van der Waals surface area contributed by atoms with Gasteiger partial charge >= 0.3 is 24.0 Å². The molecule has 18 heteroatoms. The molecule has 4 fully saturated rings. The molecular formula is C50H44N10O8. The number of likely N-dealkylation sites (tertiary alicyclic amines) is 2. The zero-order valence-electron chi connectivity index (χ0n) is 36.5. The number of nitrogens with zero attached hydrogens (tertiary/aromatic N) is 10. The Bertz CT molecular complexity index is 2680. The van der Waals surface area contributed by atoms with Crippen molar-refractivity contribution >= 4 is 58.8 Å². The molecule has 6 amide bonds. The average molecular weight is 913 g/mol. The highest BCUT2D eigenvalue weighted by Gasteiger charge is 2.63. The number of hydrogen-bond donors (Lipinski definition) is 2. The molecule has 6 heterocycles. The third-order valence-corrected chi connectivity index (χ3v) is 13.7. The number of imide groups is 2. The van der Waals surface area contributed by atoms with E-state index in [-0.39, 0.29) is 63.5 Å². The molecule has 6 aromatic rings. The van der Waals surface area contributed by atoms with Crippen LogP contribution in [0.15, 0.2) is 146 Å². The van der Waals surface area contributed by atoms with E-state index in [4.69, 9.17) is 0 Å². The molecule has 2 spiro atoms. The van der Waals surface area contributed by atoms with Gasteiger partial charge in [-0.3, -0.25) is 33.9 Å². The summed E-state index contributed by atoms with van der Waals surface area (Å²) in [5.41, 5.74) is 1.66. The molecule has 0 radical (unpaired) electrons. The van der Waals surface area contributed by atoms with Crippen molar-refractivity contribution in [3.8, 4) is 22.3 Å². The molecule has 0 bridgehead atoms. The second-order valence-electron chi connectivity index (χ2n) is 17.2. The average Bonchev–Trinajstić information content (AvgIpc) is 3.71. The van der Waals surface area contributed by atoms with Crippen LogP contribution in [0.25, 0.3) is 22.3 Å². The van der Waals surface area contributed by atoms with Gasteiger partial charge in [0.05, 0.1) is 29.5 Å². The molecule has 68 heavy (non-hydrogen) atoms. The Hall–Kier alpha value is -8.22. The number of carbonyl (C=O) groups excluding carboxylic acids is 4. The highest BCUT2D eigenvalue weighted by Crippen LogP contribution is 2.45. The lowest BCUT2D eigenvalue weighted by atomic mass is 9.83. The molecule has 0 saturated carbocycles. The molecule has 4 aromatic carbocycles. The molecule has 2 atom stereocenters. The van der Waals surface area contributed by atoms with Crippen molar-refractivity contribution in [3.05, 3.63) is 146 Å². The maximum Gasteiger partial charge on any atom is 0.339 e. The van der Waals surface area contributed by atoms with Gasteiger partial charge in [0.2, 0.25) is 5.95 Å². The zero-order valence-corrected chi connectivity index (χ0v) is 36.5. The van der Waals surface area contributed by atoms with Crippen LogP contribution in [0, 0.1) is 0 Å². The molecule has 10 rings (SSSR count). The number of aromatic nitrogens is 4. The van der Waals surface area contributed by atoms with Gasteiger partial charge in [0.25, 0.3) is 11.8 Å². The summed E-state index contributed by atoms with van der Waals surface area (Å²) < 4.78 is 0. The summed E-state index contributed by atoms with van der Waals surface area (Å²) in [6.07, 6.45) is 6.93. The van der Waals surface area contributed by atoms with E-state index in [0.717, 1.165) is 32.1 Å². The third kappa shape index (κ3) is 7.30. The first-order valence-corrected chi connectivity index (χ1v) is 22.2. The van der Waals surface area contributed by atoms with Crippen LogP contribution < -0.4 is 19.6 Å². The second-order valence-corrected chi connectivity index (χ2v) is 17.2. The van der Waals surface area contributed by atoms with Crippen molar-refractivity contribution in [2.24, 2.45) is 0 Å². The number of anilines is 4. The predicted molar refractivity (Wildman–Crippen MR) is 248 cm³/mol. The smallest absolute Gasteiger partial charge is 0.339 e. The Balaban J connectivity index is 0.902. The van der Waals surface area contributed by atoms with Crippen LogP contribution in [-0.2, 0) is 19.2 Å². The van der Waals surface area contributed by atoms with E-state index >= 15 is 0 Å². The number of piperidine rings is 2. The molecule has 4 saturated heterocycles. The Morgan fingerprint density at radius 1 is 0.485 bits per heavy atom. The number of rotatable bonds is 11. The second kappa shape index (κ2) is 17.5. The fourth-order valence-electron chi connectivity index (χ4n) is 10.3. The van der Waals surface area contributed by atoms with Crippen LogP contribution in [0.2, 0.25) is 0 Å². The predicted octanol–water partition coefficient (Wildman–Crippen LogP) is 5.82. The van der Waals surface area contributed by atoms with E-state index in [9.17, 15) is 39.0 Å². The summed E-state index contributed by atoms with van der Waals surface area (Å²) in [4.78, 5) is 110. The van der Waals surface area contributed by atoms with Gasteiger partial charge in [-0.1, -0.05) is 84.9 Å². The van der Waals surface area contributed by atoms with Crippen LogP contribution in [-0.4, -0.2) is 125 Å². The van der Waals surface area contributed by atoms with Crippen molar-refractivity contribution in [2.75, 3.05) is 45.8 Å². The van der Waals surface area contributed by atoms with Gasteiger partial charge in [-0.25, -0.2) is 44.2 Å². The molecule has 4 aliphatic rings. The standard InChI is InChI=1S/C50H44N10O8/c61-42(62)40(55-26-20-49(21-27-55)44(65)57(47(67)59(49)39-30-51-32-52-31-39)37-16-12-35(13-17-37)33-8-3-1-4-9-33)41(43(63)64)56-28-22-50(23-29-56)45(66)58(48(68)60(50)46-53-24-7-25-54-46)38-18-14-36(15-19-38)34-10-5-2-6-11-34/h1-19,24-25,30-32,40-41H,20-23,26-29H2,(H,61,62)(H,63,64). The summed E-state index contributed by atoms with van der Waals surface area (Å²) in [5.74, 6) is -3.83. The molecule has 2 N–H and O–H groups in total. The van der Waals surface area contributed by atoms with Gasteiger partial charge in [0.15, 0.2) is 0 Å². The highest BCUT2D eigenvalue weighted by atomic mass is 16.4. The van der Waals surface area contributed by atoms with Crippen molar-refractivity contribution in [1.29, 1.82) is 0 Å². The minimum Gasteiger partial charge on any atom is -0.480 e. The van der Waals surface area contributed by atoms with E-state index in [1.54, 1.807) is 30.3 Å². The third-order valence-electron chi connectivity index (χ3n) is 13.7. The molecular weight excluding hydrogens is 869 g/mol. The Morgan fingerprint density at radius 3 is 1.28 bits per heavy atom. The lowest BCUT2D eigenvalue weighted by Crippen LogP contribution is -2.66. The van der Waals surface area contributed by atoms with E-state index in [0.29, 0.717) is 11.4 Å². The summed E-state index contributed by atoms with van der Waals surface area (Å²) in [6, 6.07) is 30.5. The van der Waals surface area contributed by atoms with Gasteiger partial charge in [-0.05, 0) is 78.3 Å². The quantitative estimate of drug-likeness (QED) is 0.147. The Labute approximate surface area is 389 Å². The van der Waals surface area contributed by atoms with Crippen molar-refractivity contribution in [3.63, 3.8) is 0 Å². The molecule has 0 aliphatic carbocycles. The number of carboxylic acids is 2. The topological polar surface area (TPSA) is 214 Å². The van der Waals surface area contributed by atoms with Crippen LogP contribution >= 0.6 is 0 Å². The molecule has 2 unspecified atom stereocenters. The first-order chi connectivity index (χ1) is 33.0. The Kier molecular flexibility index (Phi) is 11.3. The lowest BCUT2D eigenvalue weighted by molar-refractivity contribution is -0.159. The van der Waals surface area contributed by atoms with E-state index in [1.807, 2.05) is 84.9 Å². The lowest BCUT2D eigenvalue weighted by Gasteiger charge is -2.47. The number of hydrogen-bond acceptors (Lipinski definition) is 12. The molecule has 18 nitrogen and oxygen atoms in total. The Morgan fingerprint density at radius 2 is 0.868 bits per heavy atom. The molecule has 342 valence electrons. The summed E-state index contributed by atoms with van der Waals surface area (Å²) in [5, 5.41) is 21.7. The van der Waals surface area contributed by atoms with E-state index < -0.39 is 59.0 Å². The van der Waals surface area contributed by atoms with Crippen LogP contribution in [0.1, 0.15) is 25.7 Å². The maximum absolute atomic E-state index is 14.7. The van der Waals surface area contributed by atoms with Gasteiger partial charge in [-0.2, -0.15) is 0 Å². The number of benzene rings is 4. The van der Waals surface area contributed by atoms with Crippen LogP contribution in [0.5, 0.6) is 0 Å². The first kappa shape index (κ1) is 43.7. The summed E-state index contributed by atoms with van der Waals surface area (Å²) >= 11 is 0. The summed E-state index contributed by atoms with van der Waals surface area (Å²) in [7, 11) is 0. The van der Waals surface area contributed by atoms with Crippen LogP contribution in [0.3, 0.4) is 0 Å². The monoisotopic (exact) mass is 912 g/mol. The fraction of sp³-hybridized carbons (Fsp3) is 0.240. The zero-order chi connectivity index (χ0) is 47.2. The number of carboxylic acid groups (broad SMARTS) is 2. The van der Waals surface area contributed by atoms with E-state index in [1.165, 1.54) is 50.7 Å². The van der Waals surface area contributed by atoms with Crippen LogP contribution in [0.4, 0.5) is 32.6 Å². The van der Waals surface area contributed by atoms with Crippen molar-refractivity contribution in [2.45, 2.75) is 48.8 Å². The number of amides is 6. The van der Waals surface area contributed by atoms with Crippen molar-refractivity contribution < 1.29 is 39.0 Å². The minimum atomic E-state index is -1.60. The number of urea groups is 2. The fourth-order valence-corrected chi connectivity index (χ4v) is 10.3. The molecule has 4 aliphatic heterocycles. The van der Waals surface area contributed by atoms with Gasteiger partial charge in [0.1, 0.15) is 29.5 Å². The largest absolute Gasteiger partial charge is 0.480 e. The van der Waals surface area contributed by atoms with Crippen molar-refractivity contribution in [1.82, 2.24) is 29.7 Å². The first-order valence-electron chi connectivity index (χ1n) is 22.2. The van der Waals surface area contributed by atoms with Gasteiger partial charge in [-0.15, -0.1) is 0 Å². The molecule has 2 aromatic heterocycles. The number of carbonyl (C=O) groups is 6. The maximum atomic E-state index is 14.7. The normalized spacial score (nSPS) is 19.2. The minimum absolute atomic E-state index is 0.00182. The number of aliphatic carboxylic acids is 2. The van der Waals surface area contributed by atoms with E-state index in [2.05, 4.69) is 19.9 Å². The van der Waals surface area contributed by atoms with Gasteiger partial charge < -0.3 is 10.2 Å². The highest BCUT2D eigenvalue weighted by molar-refractivity contribution is 6.31.